The molecule has 0 bridgehead atoms. The first-order chi connectivity index (χ1) is 10.3. The number of piperidine rings is 1. The van der Waals surface area contributed by atoms with E-state index < -0.39 is 0 Å². The summed E-state index contributed by atoms with van der Waals surface area (Å²) < 4.78 is 11.9. The number of rotatable bonds is 5. The number of hydrogen-bond acceptors (Lipinski definition) is 3. The monoisotopic (exact) mass is 289 g/mol. The van der Waals surface area contributed by atoms with E-state index in [2.05, 4.69) is 42.2 Å². The molecule has 2 aliphatic rings. The zero-order valence-corrected chi connectivity index (χ0v) is 13.0. The Hall–Kier alpha value is -0.900. The van der Waals surface area contributed by atoms with Crippen molar-refractivity contribution in [3.63, 3.8) is 0 Å². The van der Waals surface area contributed by atoms with Crippen LogP contribution in [0.5, 0.6) is 0 Å². The zero-order chi connectivity index (χ0) is 14.5. The Labute approximate surface area is 128 Å². The molecular formula is C18H27NO2. The fourth-order valence-electron chi connectivity index (χ4n) is 3.36. The lowest BCUT2D eigenvalue weighted by molar-refractivity contribution is -0.0694. The van der Waals surface area contributed by atoms with E-state index in [0.29, 0.717) is 5.92 Å². The molecule has 1 aromatic carbocycles. The highest BCUT2D eigenvalue weighted by Gasteiger charge is 2.29. The highest BCUT2D eigenvalue weighted by atomic mass is 16.7. The van der Waals surface area contributed by atoms with Gasteiger partial charge in [-0.25, -0.2) is 0 Å². The van der Waals surface area contributed by atoms with Gasteiger partial charge >= 0.3 is 0 Å². The van der Waals surface area contributed by atoms with Crippen molar-refractivity contribution < 1.29 is 9.47 Å². The number of hydrogen-bond donors (Lipinski definition) is 0. The van der Waals surface area contributed by atoms with E-state index in [1.54, 1.807) is 0 Å². The maximum absolute atomic E-state index is 6.09. The molecule has 2 heterocycles. The minimum absolute atomic E-state index is 0.0324. The van der Waals surface area contributed by atoms with Crippen LogP contribution in [0.4, 0.5) is 0 Å². The SMILES string of the molecule is CC(CC1OCC(CN2CCCCC2)O1)c1ccccc1. The van der Waals surface area contributed by atoms with Gasteiger partial charge in [0.05, 0.1) is 12.7 Å². The number of benzene rings is 1. The van der Waals surface area contributed by atoms with Crippen molar-refractivity contribution in [2.24, 2.45) is 0 Å². The molecule has 0 radical (unpaired) electrons. The fraction of sp³-hybridized carbons (Fsp3) is 0.667. The first-order valence-corrected chi connectivity index (χ1v) is 8.35. The van der Waals surface area contributed by atoms with Gasteiger partial charge in [-0.2, -0.15) is 0 Å². The van der Waals surface area contributed by atoms with Crippen LogP contribution in [-0.2, 0) is 9.47 Å². The summed E-state index contributed by atoms with van der Waals surface area (Å²) in [4.78, 5) is 2.53. The Morgan fingerprint density at radius 1 is 1.14 bits per heavy atom. The lowest BCUT2D eigenvalue weighted by Gasteiger charge is -2.28. The third kappa shape index (κ3) is 4.29. The molecule has 3 heteroatoms. The summed E-state index contributed by atoms with van der Waals surface area (Å²) in [6.07, 6.45) is 5.23. The largest absolute Gasteiger partial charge is 0.350 e. The summed E-state index contributed by atoms with van der Waals surface area (Å²) in [7, 11) is 0. The van der Waals surface area contributed by atoms with Crippen molar-refractivity contribution in [1.82, 2.24) is 4.90 Å². The molecule has 2 saturated heterocycles. The van der Waals surface area contributed by atoms with Gasteiger partial charge in [0.1, 0.15) is 0 Å². The standard InChI is InChI=1S/C18H27NO2/c1-15(16-8-4-2-5-9-16)12-18-20-14-17(21-18)13-19-10-6-3-7-11-19/h2,4-5,8-9,15,17-18H,3,6-7,10-14H2,1H3. The van der Waals surface area contributed by atoms with Crippen LogP contribution in [0.25, 0.3) is 0 Å². The van der Waals surface area contributed by atoms with Crippen LogP contribution in [0.1, 0.15) is 44.1 Å². The second kappa shape index (κ2) is 7.39. The van der Waals surface area contributed by atoms with Gasteiger partial charge in [0.15, 0.2) is 6.29 Å². The minimum atomic E-state index is -0.0324. The summed E-state index contributed by atoms with van der Waals surface area (Å²) in [6, 6.07) is 10.6. The van der Waals surface area contributed by atoms with E-state index in [9.17, 15) is 0 Å². The van der Waals surface area contributed by atoms with Gasteiger partial charge < -0.3 is 14.4 Å². The summed E-state index contributed by atoms with van der Waals surface area (Å²) >= 11 is 0. The van der Waals surface area contributed by atoms with Crippen LogP contribution in [-0.4, -0.2) is 43.5 Å². The third-order valence-corrected chi connectivity index (χ3v) is 4.64. The van der Waals surface area contributed by atoms with E-state index >= 15 is 0 Å². The molecule has 0 N–H and O–H groups in total. The number of ether oxygens (including phenoxy) is 2. The summed E-state index contributed by atoms with van der Waals surface area (Å²) in [5.41, 5.74) is 1.36. The Morgan fingerprint density at radius 2 is 1.90 bits per heavy atom. The highest BCUT2D eigenvalue weighted by Crippen LogP contribution is 2.26. The van der Waals surface area contributed by atoms with Gasteiger partial charge in [-0.15, -0.1) is 0 Å². The van der Waals surface area contributed by atoms with Crippen molar-refractivity contribution in [3.05, 3.63) is 35.9 Å². The van der Waals surface area contributed by atoms with Gasteiger partial charge in [-0.3, -0.25) is 0 Å². The van der Waals surface area contributed by atoms with Gasteiger partial charge in [-0.1, -0.05) is 43.7 Å². The molecule has 3 rings (SSSR count). The van der Waals surface area contributed by atoms with Gasteiger partial charge in [-0.05, 0) is 37.4 Å². The molecule has 116 valence electrons. The number of nitrogens with zero attached hydrogens (tertiary/aromatic N) is 1. The average Bonchev–Trinajstić information content (AvgIpc) is 2.96. The van der Waals surface area contributed by atoms with E-state index in [1.165, 1.54) is 37.9 Å². The van der Waals surface area contributed by atoms with Gasteiger partial charge in [0.2, 0.25) is 0 Å². The topological polar surface area (TPSA) is 21.7 Å². The Bertz CT molecular complexity index is 416. The van der Waals surface area contributed by atoms with Crippen molar-refractivity contribution in [2.45, 2.75) is 50.9 Å². The van der Waals surface area contributed by atoms with Crippen LogP contribution in [0.15, 0.2) is 30.3 Å². The molecule has 1 aromatic rings. The van der Waals surface area contributed by atoms with Crippen LogP contribution in [0.3, 0.4) is 0 Å². The van der Waals surface area contributed by atoms with Crippen LogP contribution in [0, 0.1) is 0 Å². The quantitative estimate of drug-likeness (QED) is 0.829. The molecule has 0 amide bonds. The first-order valence-electron chi connectivity index (χ1n) is 8.35. The van der Waals surface area contributed by atoms with Crippen molar-refractivity contribution in [3.8, 4) is 0 Å². The predicted molar refractivity (Wildman–Crippen MR) is 84.4 cm³/mol. The summed E-state index contributed by atoms with van der Waals surface area (Å²) in [5.74, 6) is 0.477. The fourth-order valence-corrected chi connectivity index (χ4v) is 3.36. The number of likely N-dealkylation sites (tertiary alicyclic amines) is 1. The molecule has 2 fully saturated rings. The zero-order valence-electron chi connectivity index (χ0n) is 13.0. The summed E-state index contributed by atoms with van der Waals surface area (Å²) in [6.45, 7) is 6.49. The van der Waals surface area contributed by atoms with Crippen LogP contribution >= 0.6 is 0 Å². The smallest absolute Gasteiger partial charge is 0.158 e. The van der Waals surface area contributed by atoms with Gasteiger partial charge in [0.25, 0.3) is 0 Å². The maximum Gasteiger partial charge on any atom is 0.158 e. The van der Waals surface area contributed by atoms with E-state index in [4.69, 9.17) is 9.47 Å². The van der Waals surface area contributed by atoms with Crippen molar-refractivity contribution in [2.75, 3.05) is 26.2 Å². The molecule has 0 aliphatic carbocycles. The van der Waals surface area contributed by atoms with Crippen LogP contribution in [0.2, 0.25) is 0 Å². The molecular weight excluding hydrogens is 262 g/mol. The molecule has 3 atom stereocenters. The Balaban J connectivity index is 1.44. The maximum atomic E-state index is 6.09. The summed E-state index contributed by atoms with van der Waals surface area (Å²) in [5, 5.41) is 0. The molecule has 3 nitrogen and oxygen atoms in total. The lowest BCUT2D eigenvalue weighted by Crippen LogP contribution is -2.37. The van der Waals surface area contributed by atoms with Crippen molar-refractivity contribution in [1.29, 1.82) is 0 Å². The normalized spacial score (nSPS) is 28.6. The highest BCUT2D eigenvalue weighted by molar-refractivity contribution is 5.18. The Morgan fingerprint density at radius 3 is 2.67 bits per heavy atom. The van der Waals surface area contributed by atoms with E-state index in [1.807, 2.05) is 0 Å². The molecule has 0 saturated carbocycles. The van der Waals surface area contributed by atoms with Crippen molar-refractivity contribution >= 4 is 0 Å². The molecule has 2 aliphatic heterocycles. The third-order valence-electron chi connectivity index (χ3n) is 4.64. The van der Waals surface area contributed by atoms with Gasteiger partial charge in [0, 0.05) is 13.0 Å². The molecule has 0 aromatic heterocycles. The predicted octanol–water partition coefficient (Wildman–Crippen LogP) is 3.41. The lowest BCUT2D eigenvalue weighted by atomic mass is 9.98. The van der Waals surface area contributed by atoms with Crippen LogP contribution < -0.4 is 0 Å². The minimum Gasteiger partial charge on any atom is -0.350 e. The second-order valence-electron chi connectivity index (χ2n) is 6.43. The molecule has 0 spiro atoms. The molecule has 21 heavy (non-hydrogen) atoms. The van der Waals surface area contributed by atoms with E-state index in [0.717, 1.165) is 19.6 Å². The second-order valence-corrected chi connectivity index (χ2v) is 6.43. The Kier molecular flexibility index (Phi) is 5.28. The first kappa shape index (κ1) is 15.0. The average molecular weight is 289 g/mol. The van der Waals surface area contributed by atoms with E-state index in [-0.39, 0.29) is 12.4 Å². The molecule has 3 unspecified atom stereocenters.